The van der Waals surface area contributed by atoms with E-state index in [4.69, 9.17) is 0 Å². The third-order valence-corrected chi connectivity index (χ3v) is 4.40. The highest BCUT2D eigenvalue weighted by Crippen LogP contribution is 2.26. The molecule has 0 fully saturated rings. The van der Waals surface area contributed by atoms with E-state index < -0.39 is 0 Å². The molecular formula is C17H25N5OS. The summed E-state index contributed by atoms with van der Waals surface area (Å²) in [5.41, 5.74) is 0.949. The third kappa shape index (κ3) is 4.29. The predicted octanol–water partition coefficient (Wildman–Crippen LogP) is 4.24. The zero-order valence-electron chi connectivity index (χ0n) is 14.9. The van der Waals surface area contributed by atoms with E-state index in [0.29, 0.717) is 11.7 Å². The molecule has 2 rings (SSSR count). The second-order valence-corrected chi connectivity index (χ2v) is 7.35. The number of amides is 2. The highest BCUT2D eigenvalue weighted by atomic mass is 32.1. The topological polar surface area (TPSA) is 71.0 Å². The van der Waals surface area contributed by atoms with E-state index in [1.54, 1.807) is 12.4 Å². The minimum atomic E-state index is -0.155. The molecule has 24 heavy (non-hydrogen) atoms. The van der Waals surface area contributed by atoms with Gasteiger partial charge in [-0.3, -0.25) is 10.3 Å². The lowest BCUT2D eigenvalue weighted by molar-refractivity contribution is 0.190. The number of nitrogens with one attached hydrogen (secondary N) is 1. The lowest BCUT2D eigenvalue weighted by Crippen LogP contribution is -2.37. The van der Waals surface area contributed by atoms with Gasteiger partial charge >= 0.3 is 6.03 Å². The normalized spacial score (nSPS) is 12.7. The second-order valence-electron chi connectivity index (χ2n) is 6.59. The molecule has 2 aromatic rings. The summed E-state index contributed by atoms with van der Waals surface area (Å²) in [5.74, 6) is 0.743. The SMILES string of the molecule is CC[C@@H](c1ccncc1)N(CC)C(=O)Nc1nc(C(C)(C)C)ns1. The highest BCUT2D eigenvalue weighted by Gasteiger charge is 2.25. The molecule has 7 heteroatoms. The molecule has 0 aliphatic heterocycles. The Morgan fingerprint density at radius 1 is 1.29 bits per heavy atom. The summed E-state index contributed by atoms with van der Waals surface area (Å²) in [6.45, 7) is 10.8. The zero-order valence-corrected chi connectivity index (χ0v) is 15.7. The van der Waals surface area contributed by atoms with Crippen LogP contribution < -0.4 is 5.32 Å². The number of carbonyl (C=O) groups excluding carboxylic acids is 1. The van der Waals surface area contributed by atoms with Gasteiger partial charge in [-0.15, -0.1) is 0 Å². The van der Waals surface area contributed by atoms with Gasteiger partial charge in [-0.2, -0.15) is 4.37 Å². The standard InChI is InChI=1S/C17H25N5OS/c1-6-13(12-8-10-18-11-9-12)22(7-2)16(23)20-15-19-14(21-24-15)17(3,4)5/h8-11,13H,6-7H2,1-5H3,(H,19,20,21,23)/t13-/m0/s1. The number of hydrogen-bond acceptors (Lipinski definition) is 5. The van der Waals surface area contributed by atoms with Crippen molar-refractivity contribution >= 4 is 22.7 Å². The molecule has 0 saturated carbocycles. The van der Waals surface area contributed by atoms with Crippen LogP contribution in [0, 0.1) is 0 Å². The number of nitrogens with zero attached hydrogens (tertiary/aromatic N) is 4. The largest absolute Gasteiger partial charge is 0.324 e. The van der Waals surface area contributed by atoms with Crippen LogP contribution in [-0.4, -0.2) is 31.8 Å². The molecule has 0 saturated heterocycles. The number of aromatic nitrogens is 3. The molecule has 6 nitrogen and oxygen atoms in total. The predicted molar refractivity (Wildman–Crippen MR) is 97.3 cm³/mol. The Kier molecular flexibility index (Phi) is 5.88. The highest BCUT2D eigenvalue weighted by molar-refractivity contribution is 7.09. The van der Waals surface area contributed by atoms with Crippen molar-refractivity contribution in [3.05, 3.63) is 35.9 Å². The van der Waals surface area contributed by atoms with Gasteiger partial charge in [0.05, 0.1) is 6.04 Å². The summed E-state index contributed by atoms with van der Waals surface area (Å²) in [6.07, 6.45) is 4.34. The Hall–Kier alpha value is -2.02. The smallest absolute Gasteiger partial charge is 0.318 e. The monoisotopic (exact) mass is 347 g/mol. The van der Waals surface area contributed by atoms with Crippen LogP contribution in [0.15, 0.2) is 24.5 Å². The molecule has 0 bridgehead atoms. The van der Waals surface area contributed by atoms with E-state index in [0.717, 1.165) is 17.8 Å². The van der Waals surface area contributed by atoms with Crippen LogP contribution in [0.3, 0.4) is 0 Å². The minimum absolute atomic E-state index is 0.00741. The van der Waals surface area contributed by atoms with Gasteiger partial charge in [0.15, 0.2) is 0 Å². The molecule has 2 aromatic heterocycles. The Morgan fingerprint density at radius 3 is 2.46 bits per heavy atom. The van der Waals surface area contributed by atoms with Gasteiger partial charge in [-0.05, 0) is 31.0 Å². The minimum Gasteiger partial charge on any atom is -0.318 e. The quantitative estimate of drug-likeness (QED) is 0.878. The zero-order chi connectivity index (χ0) is 17.7. The van der Waals surface area contributed by atoms with E-state index in [1.807, 2.05) is 24.0 Å². The van der Waals surface area contributed by atoms with E-state index in [9.17, 15) is 4.79 Å². The van der Waals surface area contributed by atoms with Gasteiger partial charge in [0.2, 0.25) is 5.13 Å². The molecule has 0 aromatic carbocycles. The summed E-state index contributed by atoms with van der Waals surface area (Å²) >= 11 is 1.22. The molecule has 0 radical (unpaired) electrons. The van der Waals surface area contributed by atoms with E-state index in [1.165, 1.54) is 11.5 Å². The summed E-state index contributed by atoms with van der Waals surface area (Å²) < 4.78 is 4.34. The van der Waals surface area contributed by atoms with Gasteiger partial charge in [-0.25, -0.2) is 9.78 Å². The Labute approximate surface area is 147 Å². The van der Waals surface area contributed by atoms with Crippen molar-refractivity contribution in [2.24, 2.45) is 0 Å². The van der Waals surface area contributed by atoms with Gasteiger partial charge in [-0.1, -0.05) is 27.7 Å². The van der Waals surface area contributed by atoms with Gasteiger partial charge in [0.25, 0.3) is 0 Å². The molecule has 1 atom stereocenters. The lowest BCUT2D eigenvalue weighted by atomic mass is 9.96. The average Bonchev–Trinajstić information content (AvgIpc) is 3.01. The number of anilines is 1. The van der Waals surface area contributed by atoms with Crippen LogP contribution in [0.4, 0.5) is 9.93 Å². The number of pyridine rings is 1. The molecule has 0 aliphatic carbocycles. The maximum Gasteiger partial charge on any atom is 0.324 e. The van der Waals surface area contributed by atoms with E-state index in [-0.39, 0.29) is 17.5 Å². The fourth-order valence-electron chi connectivity index (χ4n) is 2.47. The molecule has 0 spiro atoms. The second kappa shape index (κ2) is 7.70. The van der Waals surface area contributed by atoms with Crippen LogP contribution in [0.5, 0.6) is 0 Å². The summed E-state index contributed by atoms with van der Waals surface area (Å²) in [6, 6.07) is 3.75. The first-order valence-electron chi connectivity index (χ1n) is 8.18. The summed E-state index contributed by atoms with van der Waals surface area (Å²) in [4.78, 5) is 23.0. The molecule has 2 heterocycles. The molecular weight excluding hydrogens is 322 g/mol. The number of hydrogen-bond donors (Lipinski definition) is 1. The molecule has 0 unspecified atom stereocenters. The number of urea groups is 1. The Bertz CT molecular complexity index is 665. The van der Waals surface area contributed by atoms with E-state index in [2.05, 4.69) is 47.4 Å². The van der Waals surface area contributed by atoms with Crippen molar-refractivity contribution < 1.29 is 4.79 Å². The van der Waals surface area contributed by atoms with Crippen molar-refractivity contribution in [1.29, 1.82) is 0 Å². The number of carbonyl (C=O) groups is 1. The van der Waals surface area contributed by atoms with Crippen LogP contribution in [0.1, 0.15) is 58.5 Å². The van der Waals surface area contributed by atoms with Crippen molar-refractivity contribution in [2.45, 2.75) is 52.5 Å². The van der Waals surface area contributed by atoms with Crippen molar-refractivity contribution in [1.82, 2.24) is 19.2 Å². The van der Waals surface area contributed by atoms with Crippen molar-refractivity contribution in [2.75, 3.05) is 11.9 Å². The Balaban J connectivity index is 2.15. The first-order valence-corrected chi connectivity index (χ1v) is 8.95. The first-order chi connectivity index (χ1) is 11.4. The molecule has 0 aliphatic rings. The van der Waals surface area contributed by atoms with Crippen LogP contribution in [0.25, 0.3) is 0 Å². The van der Waals surface area contributed by atoms with Gasteiger partial charge in [0, 0.05) is 35.9 Å². The van der Waals surface area contributed by atoms with E-state index >= 15 is 0 Å². The fraction of sp³-hybridized carbons (Fsp3) is 0.529. The first kappa shape index (κ1) is 18.3. The fourth-order valence-corrected chi connectivity index (χ4v) is 3.22. The number of rotatable bonds is 5. The maximum absolute atomic E-state index is 12.7. The van der Waals surface area contributed by atoms with Crippen LogP contribution >= 0.6 is 11.5 Å². The van der Waals surface area contributed by atoms with Crippen molar-refractivity contribution in [3.63, 3.8) is 0 Å². The Morgan fingerprint density at radius 2 is 1.96 bits per heavy atom. The summed E-state index contributed by atoms with van der Waals surface area (Å²) in [7, 11) is 0. The average molecular weight is 347 g/mol. The molecule has 130 valence electrons. The summed E-state index contributed by atoms with van der Waals surface area (Å²) in [5, 5.41) is 3.42. The van der Waals surface area contributed by atoms with Crippen LogP contribution in [-0.2, 0) is 5.41 Å². The van der Waals surface area contributed by atoms with Gasteiger partial charge in [0.1, 0.15) is 5.82 Å². The lowest BCUT2D eigenvalue weighted by Gasteiger charge is -2.30. The molecule has 1 N–H and O–H groups in total. The van der Waals surface area contributed by atoms with Crippen LogP contribution in [0.2, 0.25) is 0 Å². The third-order valence-electron chi connectivity index (χ3n) is 3.77. The van der Waals surface area contributed by atoms with Crippen molar-refractivity contribution in [3.8, 4) is 0 Å². The molecule has 2 amide bonds. The van der Waals surface area contributed by atoms with Gasteiger partial charge < -0.3 is 4.90 Å². The maximum atomic E-state index is 12.7.